The van der Waals surface area contributed by atoms with Gasteiger partial charge in [0.2, 0.25) is 11.7 Å². The SMILES string of the molecule is CCCC(N)c1nc(C2Cc3ccccc3O2)no1. The summed E-state index contributed by atoms with van der Waals surface area (Å²) >= 11 is 0. The Hall–Kier alpha value is -1.88. The molecular weight excluding hydrogens is 242 g/mol. The zero-order valence-electron chi connectivity index (χ0n) is 10.9. The molecular formula is C14H17N3O2. The van der Waals surface area contributed by atoms with Crippen molar-refractivity contribution in [2.75, 3.05) is 0 Å². The van der Waals surface area contributed by atoms with Gasteiger partial charge in [0.1, 0.15) is 5.75 Å². The zero-order chi connectivity index (χ0) is 13.2. The molecule has 1 aliphatic heterocycles. The average Bonchev–Trinajstić information content (AvgIpc) is 3.05. The Bertz CT molecular complexity index is 542. The molecule has 2 atom stereocenters. The first-order valence-corrected chi connectivity index (χ1v) is 6.61. The summed E-state index contributed by atoms with van der Waals surface area (Å²) in [5.74, 6) is 1.98. The van der Waals surface area contributed by atoms with Gasteiger partial charge in [-0.1, -0.05) is 36.7 Å². The van der Waals surface area contributed by atoms with Gasteiger partial charge in [-0.2, -0.15) is 4.98 Å². The minimum Gasteiger partial charge on any atom is -0.482 e. The highest BCUT2D eigenvalue weighted by atomic mass is 16.5. The predicted octanol–water partition coefficient (Wildman–Crippen LogP) is 2.55. The first-order valence-electron chi connectivity index (χ1n) is 6.61. The lowest BCUT2D eigenvalue weighted by molar-refractivity contribution is 0.220. The van der Waals surface area contributed by atoms with E-state index in [1.807, 2.05) is 18.2 Å². The Morgan fingerprint density at radius 2 is 2.26 bits per heavy atom. The number of para-hydroxylation sites is 1. The maximum absolute atomic E-state index is 5.96. The minimum absolute atomic E-state index is 0.163. The molecule has 100 valence electrons. The molecule has 2 unspecified atom stereocenters. The van der Waals surface area contributed by atoms with Crippen LogP contribution in [0.1, 0.15) is 49.2 Å². The van der Waals surface area contributed by atoms with Crippen LogP contribution in [0.15, 0.2) is 28.8 Å². The zero-order valence-corrected chi connectivity index (χ0v) is 10.9. The Morgan fingerprint density at radius 3 is 3.05 bits per heavy atom. The third-order valence-electron chi connectivity index (χ3n) is 3.31. The summed E-state index contributed by atoms with van der Waals surface area (Å²) in [4.78, 5) is 4.37. The normalized spacial score (nSPS) is 18.9. The molecule has 0 spiro atoms. The Morgan fingerprint density at radius 1 is 1.42 bits per heavy atom. The second-order valence-electron chi connectivity index (χ2n) is 4.80. The van der Waals surface area contributed by atoms with Crippen molar-refractivity contribution in [3.63, 3.8) is 0 Å². The standard InChI is InChI=1S/C14H17N3O2/c1-2-5-10(15)14-16-13(17-19-14)12-8-9-6-3-4-7-11(9)18-12/h3-4,6-7,10,12H,2,5,8,15H2,1H3. The minimum atomic E-state index is -0.185. The molecule has 5 heteroatoms. The van der Waals surface area contributed by atoms with Crippen molar-refractivity contribution in [1.29, 1.82) is 0 Å². The highest BCUT2D eigenvalue weighted by molar-refractivity contribution is 5.37. The van der Waals surface area contributed by atoms with Crippen LogP contribution in [0.4, 0.5) is 0 Å². The van der Waals surface area contributed by atoms with Crippen LogP contribution in [-0.2, 0) is 6.42 Å². The van der Waals surface area contributed by atoms with Crippen LogP contribution in [0.3, 0.4) is 0 Å². The number of nitrogens with zero attached hydrogens (tertiary/aromatic N) is 2. The molecule has 2 aromatic rings. The third kappa shape index (κ3) is 2.33. The van der Waals surface area contributed by atoms with Crippen molar-refractivity contribution in [3.8, 4) is 5.75 Å². The molecule has 0 aliphatic carbocycles. The molecule has 0 bridgehead atoms. The summed E-state index contributed by atoms with van der Waals surface area (Å²) in [6.45, 7) is 2.08. The number of benzene rings is 1. The molecule has 5 nitrogen and oxygen atoms in total. The smallest absolute Gasteiger partial charge is 0.243 e. The van der Waals surface area contributed by atoms with E-state index in [9.17, 15) is 0 Å². The van der Waals surface area contributed by atoms with E-state index < -0.39 is 0 Å². The maximum atomic E-state index is 5.96. The van der Waals surface area contributed by atoms with Crippen LogP contribution < -0.4 is 10.5 Å². The van der Waals surface area contributed by atoms with E-state index in [1.165, 1.54) is 5.56 Å². The number of hydrogen-bond donors (Lipinski definition) is 1. The molecule has 0 saturated carbocycles. The van der Waals surface area contributed by atoms with Crippen LogP contribution in [0.5, 0.6) is 5.75 Å². The fraction of sp³-hybridized carbons (Fsp3) is 0.429. The van der Waals surface area contributed by atoms with Gasteiger partial charge in [0, 0.05) is 6.42 Å². The van der Waals surface area contributed by atoms with Crippen LogP contribution in [-0.4, -0.2) is 10.1 Å². The van der Waals surface area contributed by atoms with Gasteiger partial charge in [0.15, 0.2) is 6.10 Å². The molecule has 1 aliphatic rings. The highest BCUT2D eigenvalue weighted by Crippen LogP contribution is 2.35. The number of rotatable bonds is 4. The van der Waals surface area contributed by atoms with Gasteiger partial charge in [-0.3, -0.25) is 0 Å². The van der Waals surface area contributed by atoms with E-state index in [4.69, 9.17) is 15.0 Å². The van der Waals surface area contributed by atoms with Crippen LogP contribution in [0.25, 0.3) is 0 Å². The number of nitrogens with two attached hydrogens (primary N) is 1. The number of hydrogen-bond acceptors (Lipinski definition) is 5. The van der Waals surface area contributed by atoms with Gasteiger partial charge in [-0.25, -0.2) is 0 Å². The molecule has 0 amide bonds. The number of fused-ring (bicyclic) bond motifs is 1. The van der Waals surface area contributed by atoms with Crippen LogP contribution >= 0.6 is 0 Å². The van der Waals surface area contributed by atoms with Crippen molar-refractivity contribution in [3.05, 3.63) is 41.5 Å². The van der Waals surface area contributed by atoms with Gasteiger partial charge >= 0.3 is 0 Å². The number of aromatic nitrogens is 2. The third-order valence-corrected chi connectivity index (χ3v) is 3.31. The molecule has 0 fully saturated rings. The lowest BCUT2D eigenvalue weighted by Gasteiger charge is -2.05. The lowest BCUT2D eigenvalue weighted by Crippen LogP contribution is -2.11. The molecule has 2 heterocycles. The van der Waals surface area contributed by atoms with Gasteiger partial charge in [-0.15, -0.1) is 0 Å². The topological polar surface area (TPSA) is 74.2 Å². The first-order chi connectivity index (χ1) is 9.28. The van der Waals surface area contributed by atoms with Crippen molar-refractivity contribution in [2.45, 2.75) is 38.3 Å². The summed E-state index contributed by atoms with van der Waals surface area (Å²) in [7, 11) is 0. The molecule has 0 radical (unpaired) electrons. The molecule has 1 aromatic carbocycles. The fourth-order valence-electron chi connectivity index (χ4n) is 2.29. The largest absolute Gasteiger partial charge is 0.482 e. The van der Waals surface area contributed by atoms with Crippen molar-refractivity contribution in [1.82, 2.24) is 10.1 Å². The lowest BCUT2D eigenvalue weighted by atomic mass is 10.1. The Kier molecular flexibility index (Phi) is 3.21. The quantitative estimate of drug-likeness (QED) is 0.913. The van der Waals surface area contributed by atoms with Crippen LogP contribution in [0.2, 0.25) is 0 Å². The predicted molar refractivity (Wildman–Crippen MR) is 69.6 cm³/mol. The second-order valence-corrected chi connectivity index (χ2v) is 4.80. The Balaban J connectivity index is 1.75. The van der Waals surface area contributed by atoms with E-state index in [0.29, 0.717) is 11.7 Å². The summed E-state index contributed by atoms with van der Waals surface area (Å²) in [6.07, 6.45) is 2.44. The number of ether oxygens (including phenoxy) is 1. The monoisotopic (exact) mass is 259 g/mol. The first kappa shape index (κ1) is 12.2. The summed E-state index contributed by atoms with van der Waals surface area (Å²) in [5, 5.41) is 3.99. The second kappa shape index (κ2) is 5.01. The van der Waals surface area contributed by atoms with Crippen molar-refractivity contribution in [2.24, 2.45) is 5.73 Å². The maximum Gasteiger partial charge on any atom is 0.243 e. The summed E-state index contributed by atoms with van der Waals surface area (Å²) in [5.41, 5.74) is 7.14. The molecule has 19 heavy (non-hydrogen) atoms. The van der Waals surface area contributed by atoms with Gasteiger partial charge in [0.05, 0.1) is 6.04 Å². The van der Waals surface area contributed by atoms with E-state index in [-0.39, 0.29) is 12.1 Å². The van der Waals surface area contributed by atoms with E-state index >= 15 is 0 Å². The van der Waals surface area contributed by atoms with E-state index in [0.717, 1.165) is 25.0 Å². The molecule has 2 N–H and O–H groups in total. The summed E-state index contributed by atoms with van der Waals surface area (Å²) < 4.78 is 11.0. The van der Waals surface area contributed by atoms with Crippen molar-refractivity contribution >= 4 is 0 Å². The van der Waals surface area contributed by atoms with Crippen molar-refractivity contribution < 1.29 is 9.26 Å². The highest BCUT2D eigenvalue weighted by Gasteiger charge is 2.28. The molecule has 3 rings (SSSR count). The summed E-state index contributed by atoms with van der Waals surface area (Å²) in [6, 6.07) is 7.79. The molecule has 0 saturated heterocycles. The molecule has 1 aromatic heterocycles. The Labute approximate surface area is 111 Å². The fourth-order valence-corrected chi connectivity index (χ4v) is 2.29. The average molecular weight is 259 g/mol. The van der Waals surface area contributed by atoms with Gasteiger partial charge < -0.3 is 15.0 Å². The van der Waals surface area contributed by atoms with E-state index in [2.05, 4.69) is 23.1 Å². The van der Waals surface area contributed by atoms with Gasteiger partial charge in [0.25, 0.3) is 0 Å². The van der Waals surface area contributed by atoms with Gasteiger partial charge in [-0.05, 0) is 18.1 Å². The van der Waals surface area contributed by atoms with Crippen LogP contribution in [0, 0.1) is 0 Å². The van der Waals surface area contributed by atoms with E-state index in [1.54, 1.807) is 0 Å².